The van der Waals surface area contributed by atoms with Crippen molar-refractivity contribution in [2.24, 2.45) is 5.92 Å². The van der Waals surface area contributed by atoms with Crippen molar-refractivity contribution in [3.63, 3.8) is 0 Å². The molecule has 0 bridgehead atoms. The first-order valence-electron chi connectivity index (χ1n) is 5.53. The van der Waals surface area contributed by atoms with E-state index in [1.807, 2.05) is 18.7 Å². The van der Waals surface area contributed by atoms with Gasteiger partial charge in [0.2, 0.25) is 10.0 Å². The molecular formula is C10H19N3O2S. The van der Waals surface area contributed by atoms with Crippen LogP contribution in [0.15, 0.2) is 0 Å². The smallest absolute Gasteiger partial charge is 0.214 e. The van der Waals surface area contributed by atoms with Crippen molar-refractivity contribution in [2.45, 2.75) is 13.8 Å². The van der Waals surface area contributed by atoms with E-state index in [0.717, 1.165) is 0 Å². The lowest BCUT2D eigenvalue weighted by atomic mass is 10.3. The lowest BCUT2D eigenvalue weighted by molar-refractivity contribution is 0.206. The Labute approximate surface area is 97.7 Å². The van der Waals surface area contributed by atoms with Gasteiger partial charge in [-0.3, -0.25) is 4.90 Å². The number of nitriles is 1. The number of piperazine rings is 1. The minimum Gasteiger partial charge on any atom is -0.288 e. The average Bonchev–Trinajstić information content (AvgIpc) is 2.17. The number of rotatable bonds is 4. The minimum atomic E-state index is -3.10. The van der Waals surface area contributed by atoms with Crippen LogP contribution in [0.3, 0.4) is 0 Å². The molecule has 6 heteroatoms. The monoisotopic (exact) mass is 245 g/mol. The maximum Gasteiger partial charge on any atom is 0.214 e. The minimum absolute atomic E-state index is 0.155. The fraction of sp³-hybridized carbons (Fsp3) is 0.900. The maximum absolute atomic E-state index is 11.9. The first kappa shape index (κ1) is 13.4. The number of nitrogens with zero attached hydrogens (tertiary/aromatic N) is 3. The third kappa shape index (κ3) is 3.74. The van der Waals surface area contributed by atoms with E-state index in [1.165, 1.54) is 0 Å². The molecule has 1 fully saturated rings. The molecule has 0 aromatic carbocycles. The molecule has 0 spiro atoms. The quantitative estimate of drug-likeness (QED) is 0.660. The third-order valence-electron chi connectivity index (χ3n) is 2.56. The molecule has 0 saturated carbocycles. The molecule has 1 aliphatic heterocycles. The Kier molecular flexibility index (Phi) is 4.71. The fourth-order valence-corrected chi connectivity index (χ4v) is 3.57. The molecule has 0 atom stereocenters. The lowest BCUT2D eigenvalue weighted by Gasteiger charge is -2.32. The van der Waals surface area contributed by atoms with E-state index < -0.39 is 10.0 Å². The molecule has 0 amide bonds. The van der Waals surface area contributed by atoms with Gasteiger partial charge in [-0.1, -0.05) is 13.8 Å². The second kappa shape index (κ2) is 5.62. The summed E-state index contributed by atoms with van der Waals surface area (Å²) in [6.07, 6.45) is 0. The van der Waals surface area contributed by atoms with Crippen LogP contribution in [0.4, 0.5) is 0 Å². The predicted molar refractivity (Wildman–Crippen MR) is 62.3 cm³/mol. The van der Waals surface area contributed by atoms with Crippen molar-refractivity contribution in [1.29, 1.82) is 5.26 Å². The van der Waals surface area contributed by atoms with Gasteiger partial charge in [0.1, 0.15) is 0 Å². The summed E-state index contributed by atoms with van der Waals surface area (Å²) in [5.41, 5.74) is 0. The van der Waals surface area contributed by atoms with Crippen molar-refractivity contribution in [3.8, 4) is 6.07 Å². The van der Waals surface area contributed by atoms with E-state index in [-0.39, 0.29) is 11.7 Å². The van der Waals surface area contributed by atoms with Crippen molar-refractivity contribution in [3.05, 3.63) is 0 Å². The molecular weight excluding hydrogens is 226 g/mol. The van der Waals surface area contributed by atoms with Crippen molar-refractivity contribution in [1.82, 2.24) is 9.21 Å². The Balaban J connectivity index is 2.51. The van der Waals surface area contributed by atoms with Gasteiger partial charge in [-0.15, -0.1) is 0 Å². The van der Waals surface area contributed by atoms with Gasteiger partial charge < -0.3 is 0 Å². The highest BCUT2D eigenvalue weighted by molar-refractivity contribution is 7.89. The second-order valence-electron chi connectivity index (χ2n) is 4.51. The van der Waals surface area contributed by atoms with Gasteiger partial charge in [-0.25, -0.2) is 8.42 Å². The molecule has 1 rings (SSSR count). The zero-order chi connectivity index (χ0) is 12.2. The van der Waals surface area contributed by atoms with Crippen LogP contribution in [0.2, 0.25) is 0 Å². The topological polar surface area (TPSA) is 64.4 Å². The molecule has 0 aliphatic carbocycles. The van der Waals surface area contributed by atoms with Crippen LogP contribution in [0.5, 0.6) is 0 Å². The molecule has 0 N–H and O–H groups in total. The average molecular weight is 245 g/mol. The number of sulfonamides is 1. The Morgan fingerprint density at radius 1 is 1.25 bits per heavy atom. The summed E-state index contributed by atoms with van der Waals surface area (Å²) in [5.74, 6) is 0.368. The van der Waals surface area contributed by atoms with E-state index in [2.05, 4.69) is 6.07 Å². The first-order valence-corrected chi connectivity index (χ1v) is 7.13. The van der Waals surface area contributed by atoms with Crippen LogP contribution in [0.1, 0.15) is 13.8 Å². The molecule has 1 saturated heterocycles. The van der Waals surface area contributed by atoms with Crippen LogP contribution in [0.25, 0.3) is 0 Å². The Morgan fingerprint density at radius 3 is 2.25 bits per heavy atom. The third-order valence-corrected chi connectivity index (χ3v) is 4.80. The fourth-order valence-electron chi connectivity index (χ4n) is 1.79. The van der Waals surface area contributed by atoms with Crippen molar-refractivity contribution in [2.75, 3.05) is 38.5 Å². The summed E-state index contributed by atoms with van der Waals surface area (Å²) in [7, 11) is -3.10. The van der Waals surface area contributed by atoms with Gasteiger partial charge in [-0.2, -0.15) is 9.57 Å². The van der Waals surface area contributed by atoms with E-state index in [4.69, 9.17) is 5.26 Å². The highest BCUT2D eigenvalue weighted by Crippen LogP contribution is 2.10. The number of hydrogen-bond donors (Lipinski definition) is 0. The van der Waals surface area contributed by atoms with Gasteiger partial charge in [-0.05, 0) is 5.92 Å². The highest BCUT2D eigenvalue weighted by Gasteiger charge is 2.27. The van der Waals surface area contributed by atoms with E-state index >= 15 is 0 Å². The van der Waals surface area contributed by atoms with Gasteiger partial charge in [0.15, 0.2) is 0 Å². The molecule has 0 unspecified atom stereocenters. The Bertz CT molecular complexity index is 351. The molecule has 16 heavy (non-hydrogen) atoms. The van der Waals surface area contributed by atoms with Gasteiger partial charge >= 0.3 is 0 Å². The van der Waals surface area contributed by atoms with Crippen molar-refractivity contribution >= 4 is 10.0 Å². The summed E-state index contributed by atoms with van der Waals surface area (Å²) < 4.78 is 25.3. The largest absolute Gasteiger partial charge is 0.288 e. The summed E-state index contributed by atoms with van der Waals surface area (Å²) in [5, 5.41) is 8.54. The molecule has 5 nitrogen and oxygen atoms in total. The standard InChI is InChI=1S/C10H19N3O2S/c1-10(2)9-16(14,15)13-7-5-12(4-3-11)6-8-13/h10H,4-9H2,1-2H3. The van der Waals surface area contributed by atoms with Gasteiger partial charge in [0.25, 0.3) is 0 Å². The summed E-state index contributed by atoms with van der Waals surface area (Å²) in [6, 6.07) is 2.08. The zero-order valence-electron chi connectivity index (χ0n) is 9.89. The van der Waals surface area contributed by atoms with Crippen LogP contribution < -0.4 is 0 Å². The summed E-state index contributed by atoms with van der Waals surface area (Å²) >= 11 is 0. The Morgan fingerprint density at radius 2 is 1.81 bits per heavy atom. The molecule has 1 heterocycles. The highest BCUT2D eigenvalue weighted by atomic mass is 32.2. The van der Waals surface area contributed by atoms with Gasteiger partial charge in [0, 0.05) is 26.2 Å². The molecule has 92 valence electrons. The van der Waals surface area contributed by atoms with E-state index in [9.17, 15) is 8.42 Å². The summed E-state index contributed by atoms with van der Waals surface area (Å²) in [4.78, 5) is 1.97. The van der Waals surface area contributed by atoms with E-state index in [0.29, 0.717) is 32.7 Å². The SMILES string of the molecule is CC(C)CS(=O)(=O)N1CCN(CC#N)CC1. The lowest BCUT2D eigenvalue weighted by Crippen LogP contribution is -2.49. The zero-order valence-corrected chi connectivity index (χ0v) is 10.7. The van der Waals surface area contributed by atoms with E-state index in [1.54, 1.807) is 4.31 Å². The summed E-state index contributed by atoms with van der Waals surface area (Å²) in [6.45, 7) is 6.54. The van der Waals surface area contributed by atoms with Crippen LogP contribution in [0, 0.1) is 17.2 Å². The molecule has 0 radical (unpaired) electrons. The van der Waals surface area contributed by atoms with Gasteiger partial charge in [0.05, 0.1) is 18.4 Å². The first-order chi connectivity index (χ1) is 7.45. The maximum atomic E-state index is 11.9. The predicted octanol–water partition coefficient (Wildman–Crippen LogP) is 0.113. The molecule has 0 aromatic heterocycles. The molecule has 0 aromatic rings. The van der Waals surface area contributed by atoms with Crippen LogP contribution in [-0.2, 0) is 10.0 Å². The molecule has 1 aliphatic rings. The van der Waals surface area contributed by atoms with Crippen molar-refractivity contribution < 1.29 is 8.42 Å². The number of hydrogen-bond acceptors (Lipinski definition) is 4. The van der Waals surface area contributed by atoms with Crippen LogP contribution >= 0.6 is 0 Å². The Hall–Kier alpha value is -0.640. The second-order valence-corrected chi connectivity index (χ2v) is 6.52. The van der Waals surface area contributed by atoms with Crippen LogP contribution in [-0.4, -0.2) is 56.1 Å². The normalized spacial score (nSPS) is 19.9.